The van der Waals surface area contributed by atoms with Crippen LogP contribution in [0.5, 0.6) is 0 Å². The fourth-order valence-electron chi connectivity index (χ4n) is 1.62. The third kappa shape index (κ3) is 2.96. The summed E-state index contributed by atoms with van der Waals surface area (Å²) < 4.78 is 2.83. The Balaban J connectivity index is 2.35. The van der Waals surface area contributed by atoms with Gasteiger partial charge in [-0.05, 0) is 22.0 Å². The van der Waals surface area contributed by atoms with E-state index in [1.54, 1.807) is 6.20 Å². The van der Waals surface area contributed by atoms with Crippen molar-refractivity contribution in [2.75, 3.05) is 0 Å². The van der Waals surface area contributed by atoms with Crippen molar-refractivity contribution in [3.8, 4) is 0 Å². The van der Waals surface area contributed by atoms with Gasteiger partial charge in [-0.25, -0.2) is 15.0 Å². The van der Waals surface area contributed by atoms with Crippen molar-refractivity contribution in [2.24, 2.45) is 7.05 Å². The summed E-state index contributed by atoms with van der Waals surface area (Å²) in [7, 11) is 1.99. The van der Waals surface area contributed by atoms with Crippen LogP contribution >= 0.6 is 15.9 Å². The lowest BCUT2D eigenvalue weighted by Crippen LogP contribution is -2.17. The first-order chi connectivity index (χ1) is 8.36. The maximum atomic E-state index is 4.63. The van der Waals surface area contributed by atoms with Crippen molar-refractivity contribution >= 4 is 15.9 Å². The lowest BCUT2D eigenvalue weighted by Gasteiger charge is -2.17. The number of hydrogen-bond donors (Lipinski definition) is 0. The summed E-state index contributed by atoms with van der Waals surface area (Å²) in [5, 5.41) is 0. The van der Waals surface area contributed by atoms with Crippen molar-refractivity contribution in [2.45, 2.75) is 32.6 Å². The molecule has 0 amide bonds. The molecule has 18 heavy (non-hydrogen) atoms. The monoisotopic (exact) mass is 308 g/mol. The van der Waals surface area contributed by atoms with Crippen molar-refractivity contribution in [1.82, 2.24) is 19.5 Å². The molecule has 0 saturated heterocycles. The van der Waals surface area contributed by atoms with Gasteiger partial charge in [0.2, 0.25) is 0 Å². The van der Waals surface area contributed by atoms with E-state index in [-0.39, 0.29) is 5.41 Å². The molecule has 0 radical (unpaired) electrons. The summed E-state index contributed by atoms with van der Waals surface area (Å²) in [4.78, 5) is 13.4. The van der Waals surface area contributed by atoms with Crippen molar-refractivity contribution < 1.29 is 0 Å². The van der Waals surface area contributed by atoms with Crippen molar-refractivity contribution in [1.29, 1.82) is 0 Å². The van der Waals surface area contributed by atoms with E-state index in [1.807, 2.05) is 23.9 Å². The minimum Gasteiger partial charge on any atom is -0.338 e. The van der Waals surface area contributed by atoms with Gasteiger partial charge in [0.1, 0.15) is 16.3 Å². The van der Waals surface area contributed by atoms with Crippen LogP contribution in [-0.2, 0) is 18.9 Å². The summed E-state index contributed by atoms with van der Waals surface area (Å²) in [6.07, 6.45) is 4.46. The number of imidazole rings is 1. The fourth-order valence-corrected chi connectivity index (χ4v) is 2.05. The van der Waals surface area contributed by atoms with Gasteiger partial charge >= 0.3 is 0 Å². The molecule has 0 N–H and O–H groups in total. The summed E-state index contributed by atoms with van der Waals surface area (Å²) in [6.45, 7) is 6.33. The Morgan fingerprint density at radius 1 is 1.28 bits per heavy atom. The summed E-state index contributed by atoms with van der Waals surface area (Å²) in [5.41, 5.74) is 0.927. The quantitative estimate of drug-likeness (QED) is 0.801. The van der Waals surface area contributed by atoms with Gasteiger partial charge in [0, 0.05) is 31.3 Å². The lowest BCUT2D eigenvalue weighted by molar-refractivity contribution is 0.539. The zero-order chi connectivity index (χ0) is 13.3. The molecule has 0 unspecified atom stereocenters. The molecule has 2 heterocycles. The fraction of sp³-hybridized carbons (Fsp3) is 0.462. The van der Waals surface area contributed by atoms with Crippen LogP contribution in [0.25, 0.3) is 0 Å². The Bertz CT molecular complexity index is 554. The second-order valence-corrected chi connectivity index (χ2v) is 6.20. The van der Waals surface area contributed by atoms with E-state index in [4.69, 9.17) is 0 Å². The molecule has 2 rings (SSSR count). The standard InChI is InChI=1S/C13H17BrN4/c1-13(2,3)12-16-9(7-10(14)17-12)8-11-15-5-6-18(11)4/h5-7H,8H2,1-4H3. The smallest absolute Gasteiger partial charge is 0.135 e. The normalized spacial score (nSPS) is 11.8. The lowest BCUT2D eigenvalue weighted by atomic mass is 9.95. The average molecular weight is 309 g/mol. The number of halogens is 1. The van der Waals surface area contributed by atoms with Gasteiger partial charge in [-0.3, -0.25) is 0 Å². The van der Waals surface area contributed by atoms with E-state index in [1.165, 1.54) is 0 Å². The predicted molar refractivity (Wildman–Crippen MR) is 74.4 cm³/mol. The van der Waals surface area contributed by atoms with Crippen LogP contribution in [0.3, 0.4) is 0 Å². The number of nitrogens with zero attached hydrogens (tertiary/aromatic N) is 4. The maximum Gasteiger partial charge on any atom is 0.135 e. The molecule has 5 heteroatoms. The highest BCUT2D eigenvalue weighted by Crippen LogP contribution is 2.21. The van der Waals surface area contributed by atoms with E-state index >= 15 is 0 Å². The van der Waals surface area contributed by atoms with E-state index in [9.17, 15) is 0 Å². The third-order valence-electron chi connectivity index (χ3n) is 2.68. The Morgan fingerprint density at radius 3 is 2.56 bits per heavy atom. The molecule has 0 aliphatic carbocycles. The van der Waals surface area contributed by atoms with E-state index in [0.717, 1.165) is 21.9 Å². The highest BCUT2D eigenvalue weighted by molar-refractivity contribution is 9.10. The van der Waals surface area contributed by atoms with Gasteiger partial charge in [-0.2, -0.15) is 0 Å². The molecule has 0 fully saturated rings. The van der Waals surface area contributed by atoms with Crippen LogP contribution in [0, 0.1) is 0 Å². The zero-order valence-electron chi connectivity index (χ0n) is 11.1. The highest BCUT2D eigenvalue weighted by atomic mass is 79.9. The number of hydrogen-bond acceptors (Lipinski definition) is 3. The Hall–Kier alpha value is -1.23. The minimum atomic E-state index is -0.0554. The van der Waals surface area contributed by atoms with E-state index in [0.29, 0.717) is 6.42 Å². The summed E-state index contributed by atoms with van der Waals surface area (Å²) in [5.74, 6) is 1.85. The molecule has 0 atom stereocenters. The SMILES string of the molecule is Cn1ccnc1Cc1cc(Br)nc(C(C)(C)C)n1. The van der Waals surface area contributed by atoms with E-state index in [2.05, 4.69) is 51.7 Å². The molecule has 2 aromatic rings. The highest BCUT2D eigenvalue weighted by Gasteiger charge is 2.19. The molecule has 0 aliphatic heterocycles. The van der Waals surface area contributed by atoms with Gasteiger partial charge in [0.15, 0.2) is 0 Å². The second kappa shape index (κ2) is 4.80. The molecule has 96 valence electrons. The first-order valence-electron chi connectivity index (χ1n) is 5.86. The Labute approximate surface area is 116 Å². The number of aromatic nitrogens is 4. The molecule has 2 aromatic heterocycles. The first kappa shape index (κ1) is 13.2. The molecule has 0 aliphatic rings. The second-order valence-electron chi connectivity index (χ2n) is 5.39. The largest absolute Gasteiger partial charge is 0.338 e. The topological polar surface area (TPSA) is 43.6 Å². The minimum absolute atomic E-state index is 0.0554. The maximum absolute atomic E-state index is 4.63. The zero-order valence-corrected chi connectivity index (χ0v) is 12.7. The molecular formula is C13H17BrN4. The first-order valence-corrected chi connectivity index (χ1v) is 6.66. The molecule has 0 saturated carbocycles. The summed E-state index contributed by atoms with van der Waals surface area (Å²) >= 11 is 3.45. The Kier molecular flexibility index (Phi) is 3.52. The van der Waals surface area contributed by atoms with Gasteiger partial charge in [0.25, 0.3) is 0 Å². The van der Waals surface area contributed by atoms with Gasteiger partial charge < -0.3 is 4.57 Å². The van der Waals surface area contributed by atoms with Crippen LogP contribution < -0.4 is 0 Å². The molecule has 0 spiro atoms. The van der Waals surface area contributed by atoms with Crippen LogP contribution in [0.4, 0.5) is 0 Å². The molecule has 0 bridgehead atoms. The Morgan fingerprint density at radius 2 is 2.00 bits per heavy atom. The molecule has 0 aromatic carbocycles. The van der Waals surface area contributed by atoms with Gasteiger partial charge in [-0.15, -0.1) is 0 Å². The predicted octanol–water partition coefficient (Wildman–Crippen LogP) is 2.86. The molecular weight excluding hydrogens is 292 g/mol. The number of aryl methyl sites for hydroxylation is 1. The molecule has 4 nitrogen and oxygen atoms in total. The van der Waals surface area contributed by atoms with Crippen molar-refractivity contribution in [3.05, 3.63) is 40.4 Å². The van der Waals surface area contributed by atoms with Gasteiger partial charge in [0.05, 0.1) is 5.69 Å². The van der Waals surface area contributed by atoms with Crippen LogP contribution in [0.2, 0.25) is 0 Å². The third-order valence-corrected chi connectivity index (χ3v) is 3.09. The average Bonchev–Trinajstić information content (AvgIpc) is 2.62. The van der Waals surface area contributed by atoms with Crippen LogP contribution in [-0.4, -0.2) is 19.5 Å². The number of rotatable bonds is 2. The van der Waals surface area contributed by atoms with Crippen LogP contribution in [0.15, 0.2) is 23.1 Å². The van der Waals surface area contributed by atoms with E-state index < -0.39 is 0 Å². The summed E-state index contributed by atoms with van der Waals surface area (Å²) in [6, 6.07) is 1.95. The van der Waals surface area contributed by atoms with Crippen molar-refractivity contribution in [3.63, 3.8) is 0 Å². The van der Waals surface area contributed by atoms with Crippen LogP contribution in [0.1, 0.15) is 38.1 Å². The van der Waals surface area contributed by atoms with Gasteiger partial charge in [-0.1, -0.05) is 20.8 Å².